The minimum atomic E-state index is -3.45. The van der Waals surface area contributed by atoms with Crippen molar-refractivity contribution >= 4 is 10.0 Å². The Morgan fingerprint density at radius 3 is 2.29 bits per heavy atom. The minimum Gasteiger partial charge on any atom is -0.324 e. The van der Waals surface area contributed by atoms with Gasteiger partial charge in [-0.1, -0.05) is 19.1 Å². The number of hydrogen-bond donors (Lipinski definition) is 2. The third kappa shape index (κ3) is 5.39. The lowest BCUT2D eigenvalue weighted by Crippen LogP contribution is -2.37. The highest BCUT2D eigenvalue weighted by Crippen LogP contribution is 2.14. The molecule has 0 fully saturated rings. The zero-order valence-corrected chi connectivity index (χ0v) is 14.2. The molecular formula is C15H27N3O2S. The molecule has 0 aromatic heterocycles. The summed E-state index contributed by atoms with van der Waals surface area (Å²) in [4.78, 5) is 2.42. The van der Waals surface area contributed by atoms with Crippen LogP contribution in [-0.2, 0) is 10.0 Å². The molecule has 21 heavy (non-hydrogen) atoms. The third-order valence-corrected chi connectivity index (χ3v) is 5.29. The Morgan fingerprint density at radius 2 is 1.81 bits per heavy atom. The number of nitrogens with zero attached hydrogens (tertiary/aromatic N) is 1. The number of sulfonamides is 1. The van der Waals surface area contributed by atoms with Crippen molar-refractivity contribution in [2.75, 3.05) is 20.1 Å². The highest BCUT2D eigenvalue weighted by Gasteiger charge is 2.14. The average molecular weight is 313 g/mol. The fourth-order valence-electron chi connectivity index (χ4n) is 1.92. The molecule has 0 aliphatic carbocycles. The Kier molecular flexibility index (Phi) is 6.80. The highest BCUT2D eigenvalue weighted by atomic mass is 32.2. The van der Waals surface area contributed by atoms with Crippen molar-refractivity contribution in [2.24, 2.45) is 5.73 Å². The maximum absolute atomic E-state index is 12.2. The topological polar surface area (TPSA) is 75.4 Å². The monoisotopic (exact) mass is 313 g/mol. The molecule has 3 N–H and O–H groups in total. The van der Waals surface area contributed by atoms with Crippen molar-refractivity contribution in [3.8, 4) is 0 Å². The molecule has 0 aliphatic heterocycles. The van der Waals surface area contributed by atoms with Crippen molar-refractivity contribution in [3.63, 3.8) is 0 Å². The van der Waals surface area contributed by atoms with E-state index in [-0.39, 0.29) is 10.9 Å². The minimum absolute atomic E-state index is 0.0982. The molecule has 1 aromatic rings. The van der Waals surface area contributed by atoms with E-state index >= 15 is 0 Å². The third-order valence-electron chi connectivity index (χ3n) is 3.82. The quantitative estimate of drug-likeness (QED) is 0.766. The van der Waals surface area contributed by atoms with Crippen LogP contribution in [0.15, 0.2) is 29.2 Å². The van der Waals surface area contributed by atoms with Crippen molar-refractivity contribution in [1.29, 1.82) is 0 Å². The maximum atomic E-state index is 12.2. The Hall–Kier alpha value is -0.950. The van der Waals surface area contributed by atoms with E-state index in [0.29, 0.717) is 19.1 Å². The molecule has 1 rings (SSSR count). The summed E-state index contributed by atoms with van der Waals surface area (Å²) in [7, 11) is -1.45. The van der Waals surface area contributed by atoms with E-state index in [2.05, 4.69) is 23.5 Å². The number of likely N-dealkylation sites (N-methyl/N-ethyl adjacent to an activating group) is 1. The van der Waals surface area contributed by atoms with Crippen molar-refractivity contribution < 1.29 is 8.42 Å². The summed E-state index contributed by atoms with van der Waals surface area (Å²) in [6.07, 6.45) is 1.04. The van der Waals surface area contributed by atoms with E-state index < -0.39 is 10.0 Å². The smallest absolute Gasteiger partial charge is 0.240 e. The first-order valence-electron chi connectivity index (χ1n) is 7.33. The van der Waals surface area contributed by atoms with Crippen LogP contribution in [0.1, 0.15) is 38.8 Å². The SMILES string of the molecule is CCC(C)N(C)CCNS(=O)(=O)c1ccc(C(C)N)cc1. The van der Waals surface area contributed by atoms with Gasteiger partial charge in [-0.3, -0.25) is 0 Å². The highest BCUT2D eigenvalue weighted by molar-refractivity contribution is 7.89. The summed E-state index contributed by atoms with van der Waals surface area (Å²) < 4.78 is 27.0. The predicted molar refractivity (Wildman–Crippen MR) is 86.6 cm³/mol. The average Bonchev–Trinajstić information content (AvgIpc) is 2.46. The molecule has 120 valence electrons. The summed E-state index contributed by atoms with van der Waals surface area (Å²) in [5.41, 5.74) is 6.68. The predicted octanol–water partition coefficient (Wildman–Crippen LogP) is 1.71. The van der Waals surface area contributed by atoms with Gasteiger partial charge in [0.2, 0.25) is 10.0 Å². The van der Waals surface area contributed by atoms with Crippen molar-refractivity contribution in [2.45, 2.75) is 44.2 Å². The number of nitrogens with two attached hydrogens (primary N) is 1. The molecular weight excluding hydrogens is 286 g/mol. The van der Waals surface area contributed by atoms with Crippen LogP contribution in [0.5, 0.6) is 0 Å². The van der Waals surface area contributed by atoms with Gasteiger partial charge in [0.25, 0.3) is 0 Å². The second-order valence-electron chi connectivity index (χ2n) is 5.49. The number of benzene rings is 1. The van der Waals surface area contributed by atoms with Gasteiger partial charge >= 0.3 is 0 Å². The van der Waals surface area contributed by atoms with Gasteiger partial charge in [-0.2, -0.15) is 0 Å². The first kappa shape index (κ1) is 18.1. The molecule has 0 radical (unpaired) electrons. The number of rotatable bonds is 8. The second kappa shape index (κ2) is 7.89. The van der Waals surface area contributed by atoms with Gasteiger partial charge in [-0.05, 0) is 45.0 Å². The van der Waals surface area contributed by atoms with Gasteiger partial charge in [0.05, 0.1) is 4.90 Å². The van der Waals surface area contributed by atoms with Crippen molar-refractivity contribution in [3.05, 3.63) is 29.8 Å². The summed E-state index contributed by atoms with van der Waals surface area (Å²) in [5.74, 6) is 0. The Bertz CT molecular complexity index is 526. The van der Waals surface area contributed by atoms with Gasteiger partial charge in [0.15, 0.2) is 0 Å². The molecule has 2 unspecified atom stereocenters. The van der Waals surface area contributed by atoms with Crippen LogP contribution < -0.4 is 10.5 Å². The van der Waals surface area contributed by atoms with E-state index in [1.165, 1.54) is 0 Å². The Labute approximate surface area is 128 Å². The van der Waals surface area contributed by atoms with Crippen LogP contribution in [-0.4, -0.2) is 39.5 Å². The zero-order chi connectivity index (χ0) is 16.0. The standard InChI is InChI=1S/C15H27N3O2S/c1-5-12(2)18(4)11-10-17-21(19,20)15-8-6-14(7-9-15)13(3)16/h6-9,12-13,17H,5,10-11,16H2,1-4H3. The largest absolute Gasteiger partial charge is 0.324 e. The first-order chi connectivity index (χ1) is 9.77. The fraction of sp³-hybridized carbons (Fsp3) is 0.600. The number of nitrogens with one attached hydrogen (secondary N) is 1. The molecule has 6 heteroatoms. The Morgan fingerprint density at radius 1 is 1.24 bits per heavy atom. The van der Waals surface area contributed by atoms with Gasteiger partial charge in [-0.15, -0.1) is 0 Å². The van der Waals surface area contributed by atoms with Gasteiger partial charge in [0, 0.05) is 25.2 Å². The molecule has 0 saturated heterocycles. The van der Waals surface area contributed by atoms with E-state index in [4.69, 9.17) is 5.73 Å². The van der Waals surface area contributed by atoms with Crippen LogP contribution in [0, 0.1) is 0 Å². The van der Waals surface area contributed by atoms with Crippen LogP contribution in [0.4, 0.5) is 0 Å². The first-order valence-corrected chi connectivity index (χ1v) is 8.81. The van der Waals surface area contributed by atoms with Crippen LogP contribution >= 0.6 is 0 Å². The van der Waals surface area contributed by atoms with Gasteiger partial charge in [-0.25, -0.2) is 13.1 Å². The molecule has 2 atom stereocenters. The van der Waals surface area contributed by atoms with Crippen LogP contribution in [0.3, 0.4) is 0 Å². The molecule has 0 spiro atoms. The molecule has 0 heterocycles. The second-order valence-corrected chi connectivity index (χ2v) is 7.26. The normalized spacial score (nSPS) is 15.1. The molecule has 5 nitrogen and oxygen atoms in total. The lowest BCUT2D eigenvalue weighted by atomic mass is 10.1. The zero-order valence-electron chi connectivity index (χ0n) is 13.3. The lowest BCUT2D eigenvalue weighted by Gasteiger charge is -2.23. The summed E-state index contributed by atoms with van der Waals surface area (Å²) in [6.45, 7) is 7.20. The lowest BCUT2D eigenvalue weighted by molar-refractivity contribution is 0.256. The fourth-order valence-corrected chi connectivity index (χ4v) is 2.94. The van der Waals surface area contributed by atoms with E-state index in [1.54, 1.807) is 24.3 Å². The van der Waals surface area contributed by atoms with E-state index in [0.717, 1.165) is 12.0 Å². The van der Waals surface area contributed by atoms with Gasteiger partial charge < -0.3 is 10.6 Å². The van der Waals surface area contributed by atoms with Gasteiger partial charge in [0.1, 0.15) is 0 Å². The summed E-state index contributed by atoms with van der Waals surface area (Å²) >= 11 is 0. The summed E-state index contributed by atoms with van der Waals surface area (Å²) in [6, 6.07) is 7.05. The number of hydrogen-bond acceptors (Lipinski definition) is 4. The molecule has 0 saturated carbocycles. The van der Waals surface area contributed by atoms with E-state index in [9.17, 15) is 8.42 Å². The maximum Gasteiger partial charge on any atom is 0.240 e. The Balaban J connectivity index is 2.61. The molecule has 1 aromatic carbocycles. The summed E-state index contributed by atoms with van der Waals surface area (Å²) in [5, 5.41) is 0. The molecule has 0 amide bonds. The van der Waals surface area contributed by atoms with E-state index in [1.807, 2.05) is 14.0 Å². The van der Waals surface area contributed by atoms with Crippen LogP contribution in [0.2, 0.25) is 0 Å². The molecule has 0 bridgehead atoms. The molecule has 0 aliphatic rings. The van der Waals surface area contributed by atoms with Crippen LogP contribution in [0.25, 0.3) is 0 Å². The van der Waals surface area contributed by atoms with Crippen molar-refractivity contribution in [1.82, 2.24) is 9.62 Å².